The summed E-state index contributed by atoms with van der Waals surface area (Å²) >= 11 is 0. The van der Waals surface area contributed by atoms with Crippen molar-refractivity contribution in [2.45, 2.75) is 32.2 Å². The fourth-order valence-corrected chi connectivity index (χ4v) is 3.24. The topological polar surface area (TPSA) is 65.4 Å². The molecule has 1 aromatic heterocycles. The van der Waals surface area contributed by atoms with Crippen LogP contribution in [0, 0.1) is 12.7 Å². The Morgan fingerprint density at radius 2 is 2.19 bits per heavy atom. The molecule has 7 heteroatoms. The average molecular weight is 361 g/mol. The second-order valence-electron chi connectivity index (χ2n) is 6.40. The minimum absolute atomic E-state index is 0.122. The molecule has 0 atom stereocenters. The van der Waals surface area contributed by atoms with E-state index in [4.69, 9.17) is 9.47 Å². The van der Waals surface area contributed by atoms with Crippen LogP contribution in [-0.2, 0) is 11.3 Å². The summed E-state index contributed by atoms with van der Waals surface area (Å²) in [6.07, 6.45) is 3.80. The van der Waals surface area contributed by atoms with Crippen LogP contribution < -0.4 is 10.1 Å². The van der Waals surface area contributed by atoms with Gasteiger partial charge in [0.25, 0.3) is 5.91 Å². The molecular formula is C19H24FN3O3. The van der Waals surface area contributed by atoms with Gasteiger partial charge in [-0.25, -0.2) is 9.37 Å². The molecule has 0 spiro atoms. The summed E-state index contributed by atoms with van der Waals surface area (Å²) in [5.74, 6) is 0.709. The fraction of sp³-hybridized carbons (Fsp3) is 0.474. The number of hydrogen-bond donors (Lipinski definition) is 1. The molecule has 1 saturated heterocycles. The number of benzene rings is 1. The molecule has 0 bridgehead atoms. The van der Waals surface area contributed by atoms with Gasteiger partial charge in [-0.3, -0.25) is 4.79 Å². The molecular weight excluding hydrogens is 337 g/mol. The Bertz CT molecular complexity index is 769. The van der Waals surface area contributed by atoms with Crippen LogP contribution in [0.4, 0.5) is 4.39 Å². The normalized spacial score (nSPS) is 15.0. The number of ether oxygens (including phenoxy) is 2. The smallest absolute Gasteiger partial charge is 0.251 e. The van der Waals surface area contributed by atoms with Crippen LogP contribution in [0.25, 0.3) is 0 Å². The Morgan fingerprint density at radius 3 is 2.88 bits per heavy atom. The van der Waals surface area contributed by atoms with E-state index in [2.05, 4.69) is 14.9 Å². The monoisotopic (exact) mass is 361 g/mol. The van der Waals surface area contributed by atoms with Crippen LogP contribution in [0.15, 0.2) is 24.4 Å². The number of nitrogens with zero attached hydrogens (tertiary/aromatic N) is 2. The molecule has 26 heavy (non-hydrogen) atoms. The second kappa shape index (κ2) is 8.31. The number of carbonyl (C=O) groups excluding carboxylic acids is 1. The number of aryl methyl sites for hydroxylation is 1. The van der Waals surface area contributed by atoms with Gasteiger partial charge in [-0.15, -0.1) is 0 Å². The largest absolute Gasteiger partial charge is 0.494 e. The first kappa shape index (κ1) is 18.4. The van der Waals surface area contributed by atoms with Gasteiger partial charge in [0, 0.05) is 49.7 Å². The number of nitrogens with one attached hydrogen (secondary N) is 1. The molecule has 0 aliphatic carbocycles. The lowest BCUT2D eigenvalue weighted by Gasteiger charge is -2.23. The number of aromatic nitrogens is 2. The minimum Gasteiger partial charge on any atom is -0.494 e. The maximum atomic E-state index is 13.7. The number of halogens is 1. The van der Waals surface area contributed by atoms with E-state index in [9.17, 15) is 9.18 Å². The zero-order chi connectivity index (χ0) is 18.5. The number of imidazole rings is 1. The zero-order valence-corrected chi connectivity index (χ0v) is 15.1. The fourth-order valence-electron chi connectivity index (χ4n) is 3.24. The highest BCUT2D eigenvalue weighted by atomic mass is 19.1. The SMILES string of the molecule is COc1ccc(C(=O)NCCn2c(C)cnc2C2CCOCC2)cc1F. The standard InChI is InChI=1S/C19H24FN3O3/c1-13-12-22-18(14-5-9-26-10-6-14)23(13)8-7-21-19(24)15-3-4-17(25-2)16(20)11-15/h3-4,11-12,14H,5-10H2,1-2H3,(H,21,24). The predicted octanol–water partition coefficient (Wildman–Crippen LogP) is 2.66. The molecule has 1 aliphatic rings. The van der Waals surface area contributed by atoms with E-state index in [1.54, 1.807) is 6.07 Å². The molecule has 0 unspecified atom stereocenters. The Morgan fingerprint density at radius 1 is 1.42 bits per heavy atom. The van der Waals surface area contributed by atoms with Crippen molar-refractivity contribution in [3.8, 4) is 5.75 Å². The maximum Gasteiger partial charge on any atom is 0.251 e. The first-order chi connectivity index (χ1) is 12.6. The molecule has 1 fully saturated rings. The van der Waals surface area contributed by atoms with Crippen molar-refractivity contribution in [3.63, 3.8) is 0 Å². The van der Waals surface area contributed by atoms with Crippen molar-refractivity contribution in [3.05, 3.63) is 47.3 Å². The first-order valence-corrected chi connectivity index (χ1v) is 8.81. The highest BCUT2D eigenvalue weighted by molar-refractivity contribution is 5.94. The number of methoxy groups -OCH3 is 1. The Balaban J connectivity index is 1.60. The minimum atomic E-state index is -0.549. The number of amides is 1. The molecule has 1 aliphatic heterocycles. The summed E-state index contributed by atoms with van der Waals surface area (Å²) in [6.45, 7) is 4.60. The van der Waals surface area contributed by atoms with Crippen LogP contribution in [0.1, 0.15) is 40.6 Å². The first-order valence-electron chi connectivity index (χ1n) is 8.81. The molecule has 1 amide bonds. The third-order valence-electron chi connectivity index (χ3n) is 4.71. The van der Waals surface area contributed by atoms with E-state index in [-0.39, 0.29) is 17.2 Å². The Labute approximate surface area is 152 Å². The summed E-state index contributed by atoms with van der Waals surface area (Å²) in [7, 11) is 1.39. The Kier molecular flexibility index (Phi) is 5.88. The van der Waals surface area contributed by atoms with E-state index in [0.717, 1.165) is 37.6 Å². The molecule has 1 N–H and O–H groups in total. The van der Waals surface area contributed by atoms with Crippen molar-refractivity contribution in [2.24, 2.45) is 0 Å². The lowest BCUT2D eigenvalue weighted by Crippen LogP contribution is -2.28. The van der Waals surface area contributed by atoms with E-state index >= 15 is 0 Å². The van der Waals surface area contributed by atoms with Crippen LogP contribution in [-0.4, -0.2) is 42.3 Å². The van der Waals surface area contributed by atoms with Gasteiger partial charge in [0.15, 0.2) is 11.6 Å². The highest BCUT2D eigenvalue weighted by Gasteiger charge is 2.21. The summed E-state index contributed by atoms with van der Waals surface area (Å²) in [4.78, 5) is 16.8. The highest BCUT2D eigenvalue weighted by Crippen LogP contribution is 2.26. The Hall–Kier alpha value is -2.41. The third kappa shape index (κ3) is 4.04. The molecule has 1 aromatic carbocycles. The number of carbonyl (C=O) groups is 1. The van der Waals surface area contributed by atoms with Gasteiger partial charge in [0.1, 0.15) is 5.82 Å². The lowest BCUT2D eigenvalue weighted by atomic mass is 9.99. The summed E-state index contributed by atoms with van der Waals surface area (Å²) in [6, 6.07) is 4.19. The molecule has 2 aromatic rings. The van der Waals surface area contributed by atoms with Gasteiger partial charge in [-0.1, -0.05) is 0 Å². The van der Waals surface area contributed by atoms with Crippen molar-refractivity contribution in [1.82, 2.24) is 14.9 Å². The molecule has 140 valence electrons. The van der Waals surface area contributed by atoms with Gasteiger partial charge in [-0.05, 0) is 38.0 Å². The van der Waals surface area contributed by atoms with Gasteiger partial charge in [-0.2, -0.15) is 0 Å². The summed E-state index contributed by atoms with van der Waals surface area (Å²) < 4.78 is 26.2. The molecule has 2 heterocycles. The van der Waals surface area contributed by atoms with Crippen LogP contribution in [0.2, 0.25) is 0 Å². The van der Waals surface area contributed by atoms with Gasteiger partial charge >= 0.3 is 0 Å². The number of hydrogen-bond acceptors (Lipinski definition) is 4. The molecule has 0 saturated carbocycles. The third-order valence-corrected chi connectivity index (χ3v) is 4.71. The lowest BCUT2D eigenvalue weighted by molar-refractivity contribution is 0.0827. The van der Waals surface area contributed by atoms with Crippen LogP contribution in [0.5, 0.6) is 5.75 Å². The molecule has 6 nitrogen and oxygen atoms in total. The van der Waals surface area contributed by atoms with E-state index in [0.29, 0.717) is 19.0 Å². The van der Waals surface area contributed by atoms with E-state index in [1.807, 2.05) is 13.1 Å². The predicted molar refractivity (Wildman–Crippen MR) is 95.0 cm³/mol. The average Bonchev–Trinajstić information content (AvgIpc) is 3.03. The van der Waals surface area contributed by atoms with Crippen LogP contribution in [0.3, 0.4) is 0 Å². The zero-order valence-electron chi connectivity index (χ0n) is 15.1. The molecule has 0 radical (unpaired) electrons. The van der Waals surface area contributed by atoms with Gasteiger partial charge < -0.3 is 19.4 Å². The van der Waals surface area contributed by atoms with Crippen LogP contribution >= 0.6 is 0 Å². The maximum absolute atomic E-state index is 13.7. The summed E-state index contributed by atoms with van der Waals surface area (Å²) in [5.41, 5.74) is 1.34. The molecule has 3 rings (SSSR count). The van der Waals surface area contributed by atoms with E-state index in [1.165, 1.54) is 19.2 Å². The van der Waals surface area contributed by atoms with Gasteiger partial charge in [0.2, 0.25) is 0 Å². The van der Waals surface area contributed by atoms with Crippen molar-refractivity contribution < 1.29 is 18.7 Å². The number of rotatable bonds is 6. The van der Waals surface area contributed by atoms with Crippen molar-refractivity contribution in [1.29, 1.82) is 0 Å². The summed E-state index contributed by atoms with van der Waals surface area (Å²) in [5, 5.41) is 2.84. The van der Waals surface area contributed by atoms with Crippen molar-refractivity contribution >= 4 is 5.91 Å². The van der Waals surface area contributed by atoms with Crippen molar-refractivity contribution in [2.75, 3.05) is 26.9 Å². The van der Waals surface area contributed by atoms with E-state index < -0.39 is 5.82 Å². The quantitative estimate of drug-likeness (QED) is 0.859. The van der Waals surface area contributed by atoms with Gasteiger partial charge in [0.05, 0.1) is 7.11 Å². The second-order valence-corrected chi connectivity index (χ2v) is 6.40.